The third-order valence-corrected chi connectivity index (χ3v) is 6.66. The molecular formula is C22H27N3O3S. The second-order valence-electron chi connectivity index (χ2n) is 7.29. The Morgan fingerprint density at radius 2 is 1.76 bits per heavy atom. The lowest BCUT2D eigenvalue weighted by molar-refractivity contribution is -0.113. The van der Waals surface area contributed by atoms with Crippen LogP contribution in [0.5, 0.6) is 0 Å². The first-order valence-electron chi connectivity index (χ1n) is 9.95. The third kappa shape index (κ3) is 5.98. The molecule has 154 valence electrons. The molecule has 0 saturated heterocycles. The molecule has 1 heterocycles. The van der Waals surface area contributed by atoms with E-state index in [1.165, 1.54) is 23.8 Å². The lowest BCUT2D eigenvalue weighted by atomic mass is 10.1. The van der Waals surface area contributed by atoms with E-state index >= 15 is 0 Å². The van der Waals surface area contributed by atoms with Gasteiger partial charge in [0, 0.05) is 31.0 Å². The number of amides is 1. The molecule has 0 atom stereocenters. The number of benzene rings is 1. The zero-order valence-corrected chi connectivity index (χ0v) is 17.4. The zero-order chi connectivity index (χ0) is 20.7. The van der Waals surface area contributed by atoms with Gasteiger partial charge in [-0.15, -0.1) is 0 Å². The molecule has 0 unspecified atom stereocenters. The molecule has 1 aliphatic rings. The molecule has 6 nitrogen and oxygen atoms in total. The van der Waals surface area contributed by atoms with E-state index in [9.17, 15) is 13.2 Å². The molecule has 1 N–H and O–H groups in total. The van der Waals surface area contributed by atoms with Gasteiger partial charge in [-0.1, -0.05) is 31.7 Å². The number of hydrogen-bond donors (Lipinski definition) is 1. The minimum Gasteiger partial charge on any atom is -0.312 e. The minimum absolute atomic E-state index is 0.00293. The number of aromatic nitrogens is 1. The first-order chi connectivity index (χ1) is 14.0. The van der Waals surface area contributed by atoms with Crippen LogP contribution in [0.1, 0.15) is 44.2 Å². The Labute approximate surface area is 172 Å². The van der Waals surface area contributed by atoms with Crippen LogP contribution < -0.4 is 9.62 Å². The number of hydrogen-bond acceptors (Lipinski definition) is 4. The van der Waals surface area contributed by atoms with Crippen LogP contribution in [-0.4, -0.2) is 32.4 Å². The van der Waals surface area contributed by atoms with Gasteiger partial charge in [0.05, 0.1) is 10.6 Å². The van der Waals surface area contributed by atoms with E-state index in [-0.39, 0.29) is 16.8 Å². The number of nitrogens with one attached hydrogen (secondary N) is 1. The summed E-state index contributed by atoms with van der Waals surface area (Å²) in [4.78, 5) is 18.2. The fraction of sp³-hybridized carbons (Fsp3) is 0.364. The maximum absolute atomic E-state index is 12.7. The molecule has 0 radical (unpaired) electrons. The molecule has 29 heavy (non-hydrogen) atoms. The lowest BCUT2D eigenvalue weighted by Crippen LogP contribution is -2.34. The molecule has 0 aliphatic heterocycles. The van der Waals surface area contributed by atoms with Crippen LogP contribution in [0.15, 0.2) is 59.6 Å². The van der Waals surface area contributed by atoms with E-state index in [0.29, 0.717) is 11.4 Å². The fourth-order valence-electron chi connectivity index (χ4n) is 3.40. The highest BCUT2D eigenvalue weighted by molar-refractivity contribution is 7.89. The van der Waals surface area contributed by atoms with Crippen LogP contribution in [-0.2, 0) is 14.8 Å². The summed E-state index contributed by atoms with van der Waals surface area (Å²) in [6.45, 7) is 0. The van der Waals surface area contributed by atoms with Gasteiger partial charge in [-0.2, -0.15) is 0 Å². The quantitative estimate of drug-likeness (QED) is 0.578. The average molecular weight is 414 g/mol. The summed E-state index contributed by atoms with van der Waals surface area (Å²) < 4.78 is 28.2. The molecule has 7 heteroatoms. The smallest absolute Gasteiger partial charge is 0.250 e. The number of carbonyl (C=O) groups excluding carboxylic acids is 1. The summed E-state index contributed by atoms with van der Waals surface area (Å²) >= 11 is 0. The molecule has 1 aromatic heterocycles. The Balaban J connectivity index is 1.65. The van der Waals surface area contributed by atoms with Gasteiger partial charge in [-0.05, 0) is 55.3 Å². The normalized spacial score (nSPS) is 15.9. The Morgan fingerprint density at radius 3 is 2.38 bits per heavy atom. The second-order valence-corrected chi connectivity index (χ2v) is 9.00. The number of nitrogens with zero attached hydrogens (tertiary/aromatic N) is 2. The first kappa shape index (κ1) is 21.2. The summed E-state index contributed by atoms with van der Waals surface area (Å²) in [6.07, 6.45) is 11.0. The molecule has 0 spiro atoms. The largest absolute Gasteiger partial charge is 0.312 e. The molecule has 1 amide bonds. The third-order valence-electron chi connectivity index (χ3n) is 5.13. The maximum Gasteiger partial charge on any atom is 0.250 e. The van der Waals surface area contributed by atoms with E-state index in [4.69, 9.17) is 0 Å². The number of rotatable bonds is 6. The van der Waals surface area contributed by atoms with E-state index < -0.39 is 10.0 Å². The summed E-state index contributed by atoms with van der Waals surface area (Å²) in [5.74, 6) is -0.220. The van der Waals surface area contributed by atoms with Crippen molar-refractivity contribution in [3.05, 3.63) is 60.4 Å². The number of carbonyl (C=O) groups is 1. The van der Waals surface area contributed by atoms with Crippen molar-refractivity contribution in [3.8, 4) is 0 Å². The van der Waals surface area contributed by atoms with Crippen molar-refractivity contribution in [2.45, 2.75) is 49.5 Å². The number of pyridine rings is 1. The average Bonchev–Trinajstić information content (AvgIpc) is 3.00. The molecule has 2 aromatic rings. The molecule has 1 aromatic carbocycles. The van der Waals surface area contributed by atoms with E-state index in [0.717, 1.165) is 25.7 Å². The number of anilines is 1. The van der Waals surface area contributed by atoms with Crippen molar-refractivity contribution in [1.82, 2.24) is 9.71 Å². The van der Waals surface area contributed by atoms with Gasteiger partial charge in [0.15, 0.2) is 0 Å². The Morgan fingerprint density at radius 1 is 1.07 bits per heavy atom. The Hall–Kier alpha value is -2.51. The van der Waals surface area contributed by atoms with Gasteiger partial charge in [-0.25, -0.2) is 13.1 Å². The van der Waals surface area contributed by atoms with Crippen molar-refractivity contribution in [1.29, 1.82) is 0 Å². The molecule has 1 aliphatic carbocycles. The second kappa shape index (κ2) is 9.80. The number of likely N-dealkylation sites (N-methyl/N-ethyl adjacent to an activating group) is 1. The zero-order valence-electron chi connectivity index (χ0n) is 16.6. The predicted molar refractivity (Wildman–Crippen MR) is 115 cm³/mol. The monoisotopic (exact) mass is 413 g/mol. The molecule has 0 bridgehead atoms. The van der Waals surface area contributed by atoms with Crippen molar-refractivity contribution in [2.75, 3.05) is 11.9 Å². The fourth-order valence-corrected chi connectivity index (χ4v) is 4.71. The molecule has 1 fully saturated rings. The molecule has 3 rings (SSSR count). The van der Waals surface area contributed by atoms with Crippen LogP contribution in [0.3, 0.4) is 0 Å². The maximum atomic E-state index is 12.7. The van der Waals surface area contributed by atoms with Crippen LogP contribution in [0, 0.1) is 0 Å². The van der Waals surface area contributed by atoms with Gasteiger partial charge in [0.1, 0.15) is 0 Å². The van der Waals surface area contributed by atoms with Crippen molar-refractivity contribution in [3.63, 3.8) is 0 Å². The van der Waals surface area contributed by atoms with E-state index in [1.807, 2.05) is 18.2 Å². The van der Waals surface area contributed by atoms with Crippen LogP contribution in [0.4, 0.5) is 5.69 Å². The van der Waals surface area contributed by atoms with E-state index in [1.54, 1.807) is 43.6 Å². The predicted octanol–water partition coefficient (Wildman–Crippen LogP) is 3.76. The minimum atomic E-state index is -3.56. The van der Waals surface area contributed by atoms with Crippen LogP contribution in [0.25, 0.3) is 6.08 Å². The van der Waals surface area contributed by atoms with Gasteiger partial charge in [0.2, 0.25) is 10.0 Å². The highest BCUT2D eigenvalue weighted by Gasteiger charge is 2.21. The first-order valence-corrected chi connectivity index (χ1v) is 11.4. The highest BCUT2D eigenvalue weighted by Crippen LogP contribution is 2.21. The summed E-state index contributed by atoms with van der Waals surface area (Å²) in [5, 5.41) is 0. The van der Waals surface area contributed by atoms with Crippen LogP contribution >= 0.6 is 0 Å². The van der Waals surface area contributed by atoms with Gasteiger partial charge in [-0.3, -0.25) is 9.78 Å². The molecular weight excluding hydrogens is 386 g/mol. The molecule has 1 saturated carbocycles. The van der Waals surface area contributed by atoms with Gasteiger partial charge >= 0.3 is 0 Å². The summed E-state index contributed by atoms with van der Waals surface area (Å²) in [6, 6.07) is 11.9. The lowest BCUT2D eigenvalue weighted by Gasteiger charge is -2.18. The van der Waals surface area contributed by atoms with Crippen LogP contribution in [0.2, 0.25) is 0 Å². The van der Waals surface area contributed by atoms with Crippen molar-refractivity contribution < 1.29 is 13.2 Å². The van der Waals surface area contributed by atoms with Gasteiger partial charge in [0.25, 0.3) is 5.91 Å². The summed E-state index contributed by atoms with van der Waals surface area (Å²) in [7, 11) is -1.91. The summed E-state index contributed by atoms with van der Waals surface area (Å²) in [5.41, 5.74) is 1.31. The topological polar surface area (TPSA) is 79.4 Å². The Bertz CT molecular complexity index is 933. The van der Waals surface area contributed by atoms with Gasteiger partial charge < -0.3 is 4.90 Å². The number of sulfonamides is 1. The highest BCUT2D eigenvalue weighted by atomic mass is 32.2. The van der Waals surface area contributed by atoms with E-state index in [2.05, 4.69) is 9.71 Å². The Kier molecular flexibility index (Phi) is 7.17. The standard InChI is InChI=1S/C22H27N3O3S/c1-25(22(26)16-11-18-8-6-7-17-23-18)20-12-14-21(15-13-20)29(27,28)24-19-9-4-2-3-5-10-19/h6-8,11-17,19,24H,2-5,9-10H2,1H3/b16-11+. The SMILES string of the molecule is CN(C(=O)/C=C/c1ccccn1)c1ccc(S(=O)(=O)NC2CCCCCC2)cc1. The van der Waals surface area contributed by atoms with Crippen molar-refractivity contribution >= 4 is 27.7 Å². The van der Waals surface area contributed by atoms with Crippen molar-refractivity contribution in [2.24, 2.45) is 0 Å².